The normalized spacial score (nSPS) is 19.6. The van der Waals surface area contributed by atoms with Crippen LogP contribution in [-0.4, -0.2) is 34.8 Å². The molecule has 1 aliphatic carbocycles. The highest BCUT2D eigenvalue weighted by Crippen LogP contribution is 2.43. The summed E-state index contributed by atoms with van der Waals surface area (Å²) >= 11 is 0. The number of hydrogen-bond donors (Lipinski definition) is 1. The molecule has 0 saturated carbocycles. The number of methoxy groups -OCH3 is 2. The molecule has 2 aromatic heterocycles. The molecular formula is C24H23N5O2. The van der Waals surface area contributed by atoms with Crippen LogP contribution < -0.4 is 14.8 Å². The van der Waals surface area contributed by atoms with Gasteiger partial charge < -0.3 is 19.2 Å². The summed E-state index contributed by atoms with van der Waals surface area (Å²) < 4.78 is 12.8. The number of rotatable bonds is 5. The van der Waals surface area contributed by atoms with Crippen molar-refractivity contribution in [1.29, 1.82) is 0 Å². The van der Waals surface area contributed by atoms with Crippen molar-refractivity contribution >= 4 is 28.9 Å². The first-order valence-corrected chi connectivity index (χ1v) is 10.1. The number of aromatic nitrogens is 3. The third-order valence-electron chi connectivity index (χ3n) is 5.70. The van der Waals surface area contributed by atoms with Gasteiger partial charge in [-0.05, 0) is 36.3 Å². The largest absolute Gasteiger partial charge is 0.493 e. The van der Waals surface area contributed by atoms with Gasteiger partial charge in [-0.15, -0.1) is 0 Å². The summed E-state index contributed by atoms with van der Waals surface area (Å²) in [5, 5.41) is 3.39. The number of hydrogen-bond acceptors (Lipinski definition) is 6. The maximum Gasteiger partial charge on any atom is 0.180 e. The molecule has 1 atom stereocenters. The molecule has 0 fully saturated rings. The van der Waals surface area contributed by atoms with Crippen LogP contribution in [0.2, 0.25) is 0 Å². The van der Waals surface area contributed by atoms with Gasteiger partial charge in [0.05, 0.1) is 25.6 Å². The van der Waals surface area contributed by atoms with Gasteiger partial charge in [0.25, 0.3) is 0 Å². The van der Waals surface area contributed by atoms with Crippen molar-refractivity contribution in [2.75, 3.05) is 19.5 Å². The molecular weight excluding hydrogens is 390 g/mol. The topological polar surface area (TPSA) is 73.0 Å². The van der Waals surface area contributed by atoms with Crippen LogP contribution in [0.1, 0.15) is 19.0 Å². The van der Waals surface area contributed by atoms with Crippen LogP contribution in [0.15, 0.2) is 71.8 Å². The lowest BCUT2D eigenvalue weighted by atomic mass is 9.75. The fraction of sp³-hybridized carbons (Fsp3) is 0.208. The number of imidazole rings is 1. The zero-order chi connectivity index (χ0) is 21.4. The Bertz CT molecular complexity index is 1280. The van der Waals surface area contributed by atoms with Crippen molar-refractivity contribution < 1.29 is 9.47 Å². The fourth-order valence-electron chi connectivity index (χ4n) is 4.03. The molecule has 1 aromatic carbocycles. The summed E-state index contributed by atoms with van der Waals surface area (Å²) in [5.41, 5.74) is 4.59. The third-order valence-corrected chi connectivity index (χ3v) is 5.70. The molecule has 0 spiro atoms. The van der Waals surface area contributed by atoms with Crippen LogP contribution in [0, 0.1) is 5.41 Å². The van der Waals surface area contributed by atoms with Gasteiger partial charge in [-0.25, -0.2) is 9.97 Å². The van der Waals surface area contributed by atoms with E-state index in [-0.39, 0.29) is 5.41 Å². The molecule has 0 bridgehead atoms. The van der Waals surface area contributed by atoms with E-state index in [1.54, 1.807) is 20.4 Å². The second-order valence-corrected chi connectivity index (χ2v) is 7.80. The first-order valence-electron chi connectivity index (χ1n) is 10.1. The number of fused-ring (bicyclic) bond motifs is 2. The van der Waals surface area contributed by atoms with Gasteiger partial charge in [-0.2, -0.15) is 0 Å². The van der Waals surface area contributed by atoms with Crippen molar-refractivity contribution in [3.05, 3.63) is 72.5 Å². The Hall–Kier alpha value is -3.87. The Kier molecular flexibility index (Phi) is 4.58. The van der Waals surface area contributed by atoms with Gasteiger partial charge in [0.1, 0.15) is 0 Å². The minimum absolute atomic E-state index is 0.124. The molecule has 3 aromatic rings. The summed E-state index contributed by atoms with van der Waals surface area (Å²) in [4.78, 5) is 13.9. The number of dihydropyridines is 1. The Morgan fingerprint density at radius 3 is 2.84 bits per heavy atom. The number of nitrogens with zero attached hydrogens (tertiary/aromatic N) is 4. The molecule has 1 N–H and O–H groups in total. The van der Waals surface area contributed by atoms with E-state index >= 15 is 0 Å². The highest BCUT2D eigenvalue weighted by molar-refractivity contribution is 5.78. The lowest BCUT2D eigenvalue weighted by Crippen LogP contribution is -2.21. The summed E-state index contributed by atoms with van der Waals surface area (Å²) in [6, 6.07) is 5.67. The minimum atomic E-state index is -0.124. The molecule has 2 aliphatic rings. The van der Waals surface area contributed by atoms with E-state index in [1.165, 1.54) is 0 Å². The average Bonchev–Trinajstić information content (AvgIpc) is 3.27. The van der Waals surface area contributed by atoms with Crippen LogP contribution in [-0.2, 0) is 0 Å². The van der Waals surface area contributed by atoms with Gasteiger partial charge in [-0.3, -0.25) is 4.99 Å². The van der Waals surface area contributed by atoms with Gasteiger partial charge in [0, 0.05) is 42.0 Å². The Morgan fingerprint density at radius 2 is 2.00 bits per heavy atom. The third kappa shape index (κ3) is 3.38. The SMILES string of the molecule is COc1ccc(Nc2nc(C3=CC=C4N=CC=CC4(C)C3)cn3ccnc23)cc1OC. The van der Waals surface area contributed by atoms with Crippen molar-refractivity contribution in [3.63, 3.8) is 0 Å². The van der Waals surface area contributed by atoms with Crippen LogP contribution in [0.3, 0.4) is 0 Å². The van der Waals surface area contributed by atoms with Crippen LogP contribution in [0.5, 0.6) is 11.5 Å². The first kappa shape index (κ1) is 19.1. The van der Waals surface area contributed by atoms with Crippen LogP contribution in [0.25, 0.3) is 11.2 Å². The fourth-order valence-corrected chi connectivity index (χ4v) is 4.03. The van der Waals surface area contributed by atoms with Crippen LogP contribution in [0.4, 0.5) is 11.5 Å². The van der Waals surface area contributed by atoms with Crippen molar-refractivity contribution in [1.82, 2.24) is 14.4 Å². The Morgan fingerprint density at radius 1 is 1.13 bits per heavy atom. The summed E-state index contributed by atoms with van der Waals surface area (Å²) in [7, 11) is 3.24. The second kappa shape index (κ2) is 7.43. The zero-order valence-electron chi connectivity index (χ0n) is 17.7. The van der Waals surface area contributed by atoms with E-state index < -0.39 is 0 Å². The molecule has 0 saturated heterocycles. The molecule has 1 aliphatic heterocycles. The number of anilines is 2. The summed E-state index contributed by atoms with van der Waals surface area (Å²) in [5.74, 6) is 1.99. The van der Waals surface area contributed by atoms with E-state index in [2.05, 4.69) is 40.4 Å². The van der Waals surface area contributed by atoms with Crippen molar-refractivity contribution in [2.45, 2.75) is 13.3 Å². The number of allylic oxidation sites excluding steroid dienone is 5. The quantitative estimate of drug-likeness (QED) is 0.650. The lowest BCUT2D eigenvalue weighted by Gasteiger charge is -2.32. The molecule has 0 radical (unpaired) electrons. The molecule has 5 rings (SSSR count). The van der Waals surface area contributed by atoms with Crippen molar-refractivity contribution in [2.24, 2.45) is 10.4 Å². The highest BCUT2D eigenvalue weighted by Gasteiger charge is 2.31. The Balaban J connectivity index is 1.54. The second-order valence-electron chi connectivity index (χ2n) is 7.80. The molecule has 3 heterocycles. The van der Waals surface area contributed by atoms with E-state index in [4.69, 9.17) is 14.5 Å². The smallest absolute Gasteiger partial charge is 0.180 e. The minimum Gasteiger partial charge on any atom is -0.493 e. The molecule has 156 valence electrons. The zero-order valence-corrected chi connectivity index (χ0v) is 17.7. The van der Waals surface area contributed by atoms with Crippen molar-refractivity contribution in [3.8, 4) is 11.5 Å². The van der Waals surface area contributed by atoms with E-state index in [0.717, 1.165) is 34.7 Å². The average molecular weight is 413 g/mol. The van der Waals surface area contributed by atoms with Gasteiger partial charge >= 0.3 is 0 Å². The van der Waals surface area contributed by atoms with Gasteiger partial charge in [-0.1, -0.05) is 19.1 Å². The molecule has 0 amide bonds. The predicted octanol–water partition coefficient (Wildman–Crippen LogP) is 4.81. The van der Waals surface area contributed by atoms with Gasteiger partial charge in [0.2, 0.25) is 0 Å². The molecule has 1 unspecified atom stereocenters. The maximum absolute atomic E-state index is 5.43. The van der Waals surface area contributed by atoms with E-state index in [1.807, 2.05) is 47.3 Å². The highest BCUT2D eigenvalue weighted by atomic mass is 16.5. The standard InChI is InChI=1S/C24H23N5O2/c1-24-9-4-10-25-21(24)8-5-16(14-24)18-15-29-12-11-26-23(29)22(28-18)27-17-6-7-19(30-2)20(13-17)31-3/h4-13,15H,14H2,1-3H3,(H,27,28). The number of aliphatic imine (C=N–C) groups is 1. The molecule has 31 heavy (non-hydrogen) atoms. The van der Waals surface area contributed by atoms with E-state index in [9.17, 15) is 0 Å². The number of nitrogens with one attached hydrogen (secondary N) is 1. The number of ether oxygens (including phenoxy) is 2. The molecule has 7 nitrogen and oxygen atoms in total. The predicted molar refractivity (Wildman–Crippen MR) is 122 cm³/mol. The number of benzene rings is 1. The lowest BCUT2D eigenvalue weighted by molar-refractivity contribution is 0.355. The van der Waals surface area contributed by atoms with Gasteiger partial charge in [0.15, 0.2) is 23.0 Å². The monoisotopic (exact) mass is 413 g/mol. The summed E-state index contributed by atoms with van der Waals surface area (Å²) in [6.07, 6.45) is 16.8. The van der Waals surface area contributed by atoms with Crippen LogP contribution >= 0.6 is 0 Å². The maximum atomic E-state index is 5.43. The van der Waals surface area contributed by atoms with E-state index in [0.29, 0.717) is 17.3 Å². The first-order chi connectivity index (χ1) is 15.1. The summed E-state index contributed by atoms with van der Waals surface area (Å²) in [6.45, 7) is 2.21. The molecule has 7 heteroatoms. The Labute approximate surface area is 180 Å².